The molecule has 1 aliphatic rings. The van der Waals surface area contributed by atoms with Crippen molar-refractivity contribution in [2.45, 2.75) is 104 Å². The average Bonchev–Trinajstić information content (AvgIpc) is 3.10. The Bertz CT molecular complexity index is 539. The van der Waals surface area contributed by atoms with Crippen molar-refractivity contribution in [3.63, 3.8) is 0 Å². The predicted octanol–water partition coefficient (Wildman–Crippen LogP) is 4.75. The molecule has 0 aliphatic heterocycles. The number of hydrogen-bond donors (Lipinski definition) is 1. The van der Waals surface area contributed by atoms with E-state index < -0.39 is 0 Å². The summed E-state index contributed by atoms with van der Waals surface area (Å²) >= 11 is 0. The van der Waals surface area contributed by atoms with Gasteiger partial charge in [-0.1, -0.05) is 57.0 Å². The Morgan fingerprint density at radius 1 is 1.30 bits per heavy atom. The van der Waals surface area contributed by atoms with Gasteiger partial charge in [-0.05, 0) is 39.2 Å². The summed E-state index contributed by atoms with van der Waals surface area (Å²) in [5.41, 5.74) is 0. The number of aromatic nitrogens is 2. The quantitative estimate of drug-likeness (QED) is 0.417. The van der Waals surface area contributed by atoms with Crippen molar-refractivity contribution in [3.8, 4) is 0 Å². The molecule has 1 aromatic rings. The van der Waals surface area contributed by atoms with Crippen LogP contribution in [-0.2, 0) is 16.1 Å². The molecule has 0 amide bonds. The second kappa shape index (κ2) is 12.1. The summed E-state index contributed by atoms with van der Waals surface area (Å²) in [6.07, 6.45) is 11.3. The highest BCUT2D eigenvalue weighted by atomic mass is 16.5. The highest BCUT2D eigenvalue weighted by Gasteiger charge is 2.24. The maximum Gasteiger partial charge on any atom is 0.306 e. The first-order valence-electron chi connectivity index (χ1n) is 10.8. The zero-order valence-electron chi connectivity index (χ0n) is 17.3. The van der Waals surface area contributed by atoms with Crippen molar-refractivity contribution in [1.29, 1.82) is 0 Å². The Labute approximate surface area is 163 Å². The average molecular weight is 380 g/mol. The fraction of sp³-hybridized carbons (Fsp3) is 0.857. The Kier molecular flexibility index (Phi) is 9.81. The van der Waals surface area contributed by atoms with E-state index in [1.807, 2.05) is 13.8 Å². The van der Waals surface area contributed by atoms with Gasteiger partial charge in [-0.3, -0.25) is 4.79 Å². The first-order chi connectivity index (χ1) is 13.1. The van der Waals surface area contributed by atoms with Crippen LogP contribution in [0, 0.1) is 5.92 Å². The number of carbonyl (C=O) groups is 1. The lowest BCUT2D eigenvalue weighted by Crippen LogP contribution is -2.16. The smallest absolute Gasteiger partial charge is 0.306 e. The molecule has 0 spiro atoms. The van der Waals surface area contributed by atoms with Crippen molar-refractivity contribution >= 4 is 5.97 Å². The topological polar surface area (TPSA) is 77.2 Å². The van der Waals surface area contributed by atoms with Gasteiger partial charge in [0.15, 0.2) is 5.82 Å². The summed E-state index contributed by atoms with van der Waals surface area (Å²) in [5, 5.41) is 7.35. The zero-order chi connectivity index (χ0) is 19.5. The van der Waals surface area contributed by atoms with Crippen LogP contribution in [0.25, 0.3) is 0 Å². The lowest BCUT2D eigenvalue weighted by molar-refractivity contribution is -0.148. The number of rotatable bonds is 12. The van der Waals surface area contributed by atoms with Gasteiger partial charge < -0.3 is 14.6 Å². The van der Waals surface area contributed by atoms with Crippen LogP contribution in [0.5, 0.6) is 0 Å². The SMILES string of the molecule is CCCNCc1noc([C@H](CCCC2CCCCC2)CC(=O)OC(C)C)n1. The van der Waals surface area contributed by atoms with Crippen LogP contribution in [0.1, 0.15) is 103 Å². The second-order valence-corrected chi connectivity index (χ2v) is 8.10. The van der Waals surface area contributed by atoms with E-state index in [1.165, 1.54) is 38.5 Å². The summed E-state index contributed by atoms with van der Waals surface area (Å²) in [6, 6.07) is 0. The molecule has 0 bridgehead atoms. The highest BCUT2D eigenvalue weighted by molar-refractivity contribution is 5.70. The molecule has 0 aromatic carbocycles. The zero-order valence-corrected chi connectivity index (χ0v) is 17.3. The van der Waals surface area contributed by atoms with Crippen molar-refractivity contribution in [2.75, 3.05) is 6.54 Å². The van der Waals surface area contributed by atoms with Crippen LogP contribution in [0.4, 0.5) is 0 Å². The molecule has 1 atom stereocenters. The van der Waals surface area contributed by atoms with Gasteiger partial charge in [0.2, 0.25) is 5.89 Å². The summed E-state index contributed by atoms with van der Waals surface area (Å²) in [5.74, 6) is 1.85. The van der Waals surface area contributed by atoms with E-state index in [4.69, 9.17) is 9.26 Å². The third-order valence-electron chi connectivity index (χ3n) is 5.21. The predicted molar refractivity (Wildman–Crippen MR) is 105 cm³/mol. The molecule has 6 heteroatoms. The molecule has 1 fully saturated rings. The lowest BCUT2D eigenvalue weighted by atomic mass is 9.84. The summed E-state index contributed by atoms with van der Waals surface area (Å²) < 4.78 is 10.8. The minimum Gasteiger partial charge on any atom is -0.463 e. The molecule has 6 nitrogen and oxygen atoms in total. The molecule has 0 saturated heterocycles. The van der Waals surface area contributed by atoms with Crippen LogP contribution < -0.4 is 5.32 Å². The van der Waals surface area contributed by atoms with Crippen LogP contribution in [0.3, 0.4) is 0 Å². The number of esters is 1. The molecular formula is C21H37N3O3. The Morgan fingerprint density at radius 3 is 2.78 bits per heavy atom. The summed E-state index contributed by atoms with van der Waals surface area (Å²) in [6.45, 7) is 7.40. The van der Waals surface area contributed by atoms with Gasteiger partial charge in [-0.25, -0.2) is 0 Å². The largest absolute Gasteiger partial charge is 0.463 e. The fourth-order valence-electron chi connectivity index (χ4n) is 3.84. The van der Waals surface area contributed by atoms with Crippen molar-refractivity contribution in [2.24, 2.45) is 5.92 Å². The molecule has 2 rings (SSSR count). The van der Waals surface area contributed by atoms with Gasteiger partial charge >= 0.3 is 5.97 Å². The lowest BCUT2D eigenvalue weighted by Gasteiger charge is -2.22. The third kappa shape index (κ3) is 8.41. The van der Waals surface area contributed by atoms with Gasteiger partial charge in [0.1, 0.15) is 0 Å². The number of nitrogens with zero attached hydrogens (tertiary/aromatic N) is 2. The molecule has 1 N–H and O–H groups in total. The van der Waals surface area contributed by atoms with Gasteiger partial charge in [0, 0.05) is 5.92 Å². The summed E-state index contributed by atoms with van der Waals surface area (Å²) in [7, 11) is 0. The minimum atomic E-state index is -0.184. The number of nitrogens with one attached hydrogen (secondary N) is 1. The monoisotopic (exact) mass is 379 g/mol. The van der Waals surface area contributed by atoms with Crippen molar-refractivity contribution < 1.29 is 14.1 Å². The van der Waals surface area contributed by atoms with Crippen LogP contribution in [0.2, 0.25) is 0 Å². The second-order valence-electron chi connectivity index (χ2n) is 8.10. The molecule has 154 valence electrons. The molecule has 1 heterocycles. The van der Waals surface area contributed by atoms with Crippen molar-refractivity contribution in [3.05, 3.63) is 11.7 Å². The molecule has 1 aliphatic carbocycles. The van der Waals surface area contributed by atoms with E-state index in [-0.39, 0.29) is 18.0 Å². The number of ether oxygens (including phenoxy) is 1. The van der Waals surface area contributed by atoms with Gasteiger partial charge in [0.05, 0.1) is 19.1 Å². The standard InChI is InChI=1S/C21H37N3O3/c1-4-13-22-15-19-23-21(27-24-19)18(14-20(25)26-16(2)3)12-8-11-17-9-6-5-7-10-17/h16-18,22H,4-15H2,1-3H3/t18-/m1/s1. The Balaban J connectivity index is 1.90. The van der Waals surface area contributed by atoms with Gasteiger partial charge in [-0.2, -0.15) is 4.98 Å². The van der Waals surface area contributed by atoms with Crippen molar-refractivity contribution in [1.82, 2.24) is 15.5 Å². The maximum atomic E-state index is 12.2. The van der Waals surface area contributed by atoms with Gasteiger partial charge in [-0.15, -0.1) is 0 Å². The van der Waals surface area contributed by atoms with E-state index >= 15 is 0 Å². The third-order valence-corrected chi connectivity index (χ3v) is 5.21. The molecule has 1 aromatic heterocycles. The van der Waals surface area contributed by atoms with E-state index in [0.29, 0.717) is 24.7 Å². The van der Waals surface area contributed by atoms with E-state index in [1.54, 1.807) is 0 Å². The van der Waals surface area contributed by atoms with Crippen LogP contribution in [-0.4, -0.2) is 28.8 Å². The first-order valence-corrected chi connectivity index (χ1v) is 10.8. The number of carbonyl (C=O) groups excluding carboxylic acids is 1. The molecule has 27 heavy (non-hydrogen) atoms. The summed E-state index contributed by atoms with van der Waals surface area (Å²) in [4.78, 5) is 16.7. The maximum absolute atomic E-state index is 12.2. The molecule has 0 unspecified atom stereocenters. The molecular weight excluding hydrogens is 342 g/mol. The van der Waals surface area contributed by atoms with Crippen LogP contribution in [0.15, 0.2) is 4.52 Å². The Hall–Kier alpha value is -1.43. The highest BCUT2D eigenvalue weighted by Crippen LogP contribution is 2.31. The minimum absolute atomic E-state index is 0.0488. The number of hydrogen-bond acceptors (Lipinski definition) is 6. The van der Waals surface area contributed by atoms with E-state index in [9.17, 15) is 4.79 Å². The Morgan fingerprint density at radius 2 is 2.07 bits per heavy atom. The normalized spacial score (nSPS) is 16.6. The molecule has 1 saturated carbocycles. The molecule has 0 radical (unpaired) electrons. The fourth-order valence-corrected chi connectivity index (χ4v) is 3.84. The van der Waals surface area contributed by atoms with Gasteiger partial charge in [0.25, 0.3) is 0 Å². The first kappa shape index (κ1) is 21.9. The van der Waals surface area contributed by atoms with Crippen LogP contribution >= 0.6 is 0 Å². The van der Waals surface area contributed by atoms with E-state index in [0.717, 1.165) is 31.7 Å². The van der Waals surface area contributed by atoms with E-state index in [2.05, 4.69) is 22.4 Å².